The fourth-order valence-electron chi connectivity index (χ4n) is 1.84. The molecule has 0 saturated carbocycles. The van der Waals surface area contributed by atoms with Crippen molar-refractivity contribution in [1.82, 2.24) is 30.2 Å². The molecular weight excluding hydrogens is 287 g/mol. The number of rotatable bonds is 2. The maximum absolute atomic E-state index is 12.6. The molecule has 2 aromatic heterocycles. The van der Waals surface area contributed by atoms with Gasteiger partial charge >= 0.3 is 6.18 Å². The third-order valence-electron chi connectivity index (χ3n) is 2.77. The first kappa shape index (κ1) is 13.1. The quantitative estimate of drug-likeness (QED) is 0.700. The zero-order valence-corrected chi connectivity index (χ0v) is 10.3. The van der Waals surface area contributed by atoms with Crippen LogP contribution >= 0.6 is 0 Å². The minimum atomic E-state index is -4.51. The van der Waals surface area contributed by atoms with Gasteiger partial charge in [0.05, 0.1) is 12.0 Å². The van der Waals surface area contributed by atoms with E-state index in [1.807, 2.05) is 0 Å². The molecule has 3 rings (SSSR count). The standard InChI is InChI=1S/C11H8F3N7/c12-11(13,14)9-4-21(5-16-9)8-2-1-6(15)3-7(8)10-17-19-20-18-10/h1-5H,15H2,(H,17,18,19,20). The Hall–Kier alpha value is -2.91. The van der Waals surface area contributed by atoms with Crippen LogP contribution in [0.15, 0.2) is 30.7 Å². The number of nitrogens with one attached hydrogen (secondary N) is 1. The third-order valence-corrected chi connectivity index (χ3v) is 2.77. The van der Waals surface area contributed by atoms with Gasteiger partial charge in [0, 0.05) is 17.4 Å². The lowest BCUT2D eigenvalue weighted by Gasteiger charge is -2.08. The van der Waals surface area contributed by atoms with Gasteiger partial charge in [-0.2, -0.15) is 13.2 Å². The van der Waals surface area contributed by atoms with Gasteiger partial charge in [0.25, 0.3) is 0 Å². The zero-order valence-electron chi connectivity index (χ0n) is 10.3. The number of imidazole rings is 1. The molecule has 0 aliphatic rings. The number of aromatic amines is 1. The van der Waals surface area contributed by atoms with Crippen molar-refractivity contribution >= 4 is 5.69 Å². The van der Waals surface area contributed by atoms with Crippen molar-refractivity contribution in [1.29, 1.82) is 0 Å². The van der Waals surface area contributed by atoms with Gasteiger partial charge in [-0.05, 0) is 28.6 Å². The number of nitrogen functional groups attached to an aromatic ring is 1. The Kier molecular flexibility index (Phi) is 2.85. The predicted octanol–water partition coefficient (Wildman–Crippen LogP) is 1.65. The van der Waals surface area contributed by atoms with Crippen LogP contribution in [0.5, 0.6) is 0 Å². The summed E-state index contributed by atoms with van der Waals surface area (Å²) in [6.07, 6.45) is -2.55. The molecule has 0 spiro atoms. The van der Waals surface area contributed by atoms with Crippen molar-refractivity contribution < 1.29 is 13.2 Å². The van der Waals surface area contributed by atoms with Crippen LogP contribution in [0.3, 0.4) is 0 Å². The van der Waals surface area contributed by atoms with Crippen LogP contribution < -0.4 is 5.73 Å². The van der Waals surface area contributed by atoms with E-state index in [-0.39, 0.29) is 0 Å². The van der Waals surface area contributed by atoms with E-state index in [2.05, 4.69) is 25.6 Å². The van der Waals surface area contributed by atoms with Crippen molar-refractivity contribution in [2.24, 2.45) is 0 Å². The molecule has 0 saturated heterocycles. The zero-order chi connectivity index (χ0) is 15.0. The molecule has 0 aliphatic heterocycles. The highest BCUT2D eigenvalue weighted by Crippen LogP contribution is 2.30. The van der Waals surface area contributed by atoms with Gasteiger partial charge in [0.15, 0.2) is 11.5 Å². The number of H-pyrrole nitrogens is 1. The first-order valence-corrected chi connectivity index (χ1v) is 5.70. The molecule has 3 aromatic rings. The second-order valence-corrected chi connectivity index (χ2v) is 4.19. The molecule has 0 bridgehead atoms. The molecule has 3 N–H and O–H groups in total. The average molecular weight is 295 g/mol. The number of aromatic nitrogens is 6. The van der Waals surface area contributed by atoms with Crippen molar-refractivity contribution in [2.75, 3.05) is 5.73 Å². The molecule has 7 nitrogen and oxygen atoms in total. The molecule has 1 aromatic carbocycles. The number of alkyl halides is 3. The topological polar surface area (TPSA) is 98.3 Å². The first-order chi connectivity index (χ1) is 9.95. The number of hydrogen-bond acceptors (Lipinski definition) is 5. The lowest BCUT2D eigenvalue weighted by molar-refractivity contribution is -0.140. The lowest BCUT2D eigenvalue weighted by atomic mass is 10.1. The molecule has 10 heteroatoms. The third kappa shape index (κ3) is 2.42. The molecule has 0 amide bonds. The number of anilines is 1. The Bertz CT molecular complexity index is 760. The first-order valence-electron chi connectivity index (χ1n) is 5.70. The highest BCUT2D eigenvalue weighted by molar-refractivity contribution is 5.71. The van der Waals surface area contributed by atoms with Crippen molar-refractivity contribution in [3.63, 3.8) is 0 Å². The number of halogens is 3. The molecule has 0 radical (unpaired) electrons. The van der Waals surface area contributed by atoms with Gasteiger partial charge in [-0.25, -0.2) is 10.1 Å². The van der Waals surface area contributed by atoms with E-state index in [1.54, 1.807) is 18.2 Å². The largest absolute Gasteiger partial charge is 0.434 e. The minimum absolute atomic E-state index is 0.291. The lowest BCUT2D eigenvalue weighted by Crippen LogP contribution is -2.05. The molecule has 21 heavy (non-hydrogen) atoms. The van der Waals surface area contributed by atoms with Crippen molar-refractivity contribution in [3.8, 4) is 17.1 Å². The maximum atomic E-state index is 12.6. The normalized spacial score (nSPS) is 11.8. The summed E-state index contributed by atoms with van der Waals surface area (Å²) in [6.45, 7) is 0. The van der Waals surface area contributed by atoms with E-state index in [0.717, 1.165) is 12.5 Å². The van der Waals surface area contributed by atoms with Gasteiger partial charge in [-0.15, -0.1) is 5.10 Å². The van der Waals surface area contributed by atoms with Crippen molar-refractivity contribution in [2.45, 2.75) is 6.18 Å². The summed E-state index contributed by atoms with van der Waals surface area (Å²) in [5.41, 5.74) is 6.03. The van der Waals surface area contributed by atoms with E-state index in [0.29, 0.717) is 22.8 Å². The monoisotopic (exact) mass is 295 g/mol. The average Bonchev–Trinajstić information content (AvgIpc) is 3.09. The van der Waals surface area contributed by atoms with E-state index >= 15 is 0 Å². The van der Waals surface area contributed by atoms with E-state index in [4.69, 9.17) is 5.73 Å². The number of tetrazole rings is 1. The van der Waals surface area contributed by atoms with Crippen LogP contribution in [0.4, 0.5) is 18.9 Å². The Morgan fingerprint density at radius 1 is 1.24 bits per heavy atom. The number of hydrogen-bond donors (Lipinski definition) is 2. The number of nitrogens with zero attached hydrogens (tertiary/aromatic N) is 5. The SMILES string of the molecule is Nc1ccc(-n2cnc(C(F)(F)F)c2)c(-c2nnn[nH]2)c1. The van der Waals surface area contributed by atoms with Crippen molar-refractivity contribution in [3.05, 3.63) is 36.4 Å². The Morgan fingerprint density at radius 3 is 2.67 bits per heavy atom. The second kappa shape index (κ2) is 4.58. The number of nitrogens with two attached hydrogens (primary N) is 1. The summed E-state index contributed by atoms with van der Waals surface area (Å²) in [4.78, 5) is 3.35. The highest BCUT2D eigenvalue weighted by Gasteiger charge is 2.33. The highest BCUT2D eigenvalue weighted by atomic mass is 19.4. The summed E-state index contributed by atoms with van der Waals surface area (Å²) in [6, 6.07) is 4.69. The van der Waals surface area contributed by atoms with E-state index in [1.165, 1.54) is 4.57 Å². The fraction of sp³-hybridized carbons (Fsp3) is 0.0909. The van der Waals surface area contributed by atoms with Crippen LogP contribution in [0.2, 0.25) is 0 Å². The second-order valence-electron chi connectivity index (χ2n) is 4.19. The maximum Gasteiger partial charge on any atom is 0.434 e. The summed E-state index contributed by atoms with van der Waals surface area (Å²) in [7, 11) is 0. The Morgan fingerprint density at radius 2 is 2.05 bits per heavy atom. The van der Waals surface area contributed by atoms with Gasteiger partial charge in [0.1, 0.15) is 0 Å². The molecule has 2 heterocycles. The van der Waals surface area contributed by atoms with Gasteiger partial charge < -0.3 is 10.3 Å². The molecule has 0 aliphatic carbocycles. The van der Waals surface area contributed by atoms with Crippen LogP contribution in [0.1, 0.15) is 5.69 Å². The molecule has 0 fully saturated rings. The van der Waals surface area contributed by atoms with Crippen LogP contribution in [-0.2, 0) is 6.18 Å². The van der Waals surface area contributed by atoms with Gasteiger partial charge in [-0.3, -0.25) is 0 Å². The van der Waals surface area contributed by atoms with Crippen LogP contribution in [-0.4, -0.2) is 30.2 Å². The van der Waals surface area contributed by atoms with Gasteiger partial charge in [0.2, 0.25) is 0 Å². The summed E-state index contributed by atoms with van der Waals surface area (Å²) in [5.74, 6) is 0.291. The van der Waals surface area contributed by atoms with Crippen LogP contribution in [0, 0.1) is 0 Å². The predicted molar refractivity (Wildman–Crippen MR) is 66.2 cm³/mol. The van der Waals surface area contributed by atoms with E-state index < -0.39 is 11.9 Å². The summed E-state index contributed by atoms with van der Waals surface area (Å²) >= 11 is 0. The van der Waals surface area contributed by atoms with Crippen LogP contribution in [0.25, 0.3) is 17.1 Å². The molecule has 0 atom stereocenters. The fourth-order valence-corrected chi connectivity index (χ4v) is 1.84. The minimum Gasteiger partial charge on any atom is -0.399 e. The molecular formula is C11H8F3N7. The molecule has 0 unspecified atom stereocenters. The van der Waals surface area contributed by atoms with E-state index in [9.17, 15) is 13.2 Å². The smallest absolute Gasteiger partial charge is 0.399 e. The Labute approximate surface area is 115 Å². The van der Waals surface area contributed by atoms with Gasteiger partial charge in [-0.1, -0.05) is 0 Å². The Balaban J connectivity index is 2.13. The molecule has 108 valence electrons. The summed E-state index contributed by atoms with van der Waals surface area (Å²) in [5, 5.41) is 13.2. The summed E-state index contributed by atoms with van der Waals surface area (Å²) < 4.78 is 39.1. The number of benzene rings is 1.